The second kappa shape index (κ2) is 3.59. The lowest BCUT2D eigenvalue weighted by atomic mass is 10.1. The van der Waals surface area contributed by atoms with Gasteiger partial charge in [-0.15, -0.1) is 0 Å². The molecule has 0 saturated carbocycles. The Balaban J connectivity index is 3.17. The van der Waals surface area contributed by atoms with Crippen LogP contribution in [0.15, 0.2) is 36.0 Å². The Labute approximate surface area is 71.9 Å². The molecule has 60 valence electrons. The van der Waals surface area contributed by atoms with Crippen molar-refractivity contribution >= 4 is 5.57 Å². The molecule has 0 amide bonds. The van der Waals surface area contributed by atoms with E-state index in [0.29, 0.717) is 11.3 Å². The predicted molar refractivity (Wildman–Crippen MR) is 48.8 cm³/mol. The molecule has 0 aliphatic rings. The fraction of sp³-hybridized carbons (Fsp3) is 0.100. The van der Waals surface area contributed by atoms with Crippen molar-refractivity contribution in [3.63, 3.8) is 0 Å². The Bertz CT molecular complexity index is 327. The van der Waals surface area contributed by atoms with Crippen LogP contribution in [-0.4, -0.2) is 0 Å². The Hall–Kier alpha value is -1.75. The molecule has 0 saturated heterocycles. The highest BCUT2D eigenvalue weighted by atomic mass is 14.6. The third-order valence-corrected chi connectivity index (χ3v) is 1.57. The van der Waals surface area contributed by atoms with E-state index < -0.39 is 0 Å². The van der Waals surface area contributed by atoms with E-state index in [-0.39, 0.29) is 0 Å². The molecule has 1 aromatic carbocycles. The molecule has 0 spiro atoms. The van der Waals surface area contributed by atoms with E-state index in [0.717, 1.165) is 5.56 Å². The number of nitrogens with zero attached hydrogens (tertiary/aromatic N) is 1. The summed E-state index contributed by atoms with van der Waals surface area (Å²) in [4.78, 5) is 0. The van der Waals surface area contributed by atoms with E-state index in [2.05, 4.69) is 6.07 Å². The van der Waals surface area contributed by atoms with Gasteiger partial charge < -0.3 is 5.73 Å². The Morgan fingerprint density at radius 1 is 1.33 bits per heavy atom. The summed E-state index contributed by atoms with van der Waals surface area (Å²) >= 11 is 0. The van der Waals surface area contributed by atoms with Gasteiger partial charge in [0.1, 0.15) is 6.07 Å². The maximum atomic E-state index is 8.76. The number of benzene rings is 1. The molecule has 0 fully saturated rings. The SMILES string of the molecule is C/C(N)=C(/C#N)c1ccccc1. The fourth-order valence-electron chi connectivity index (χ4n) is 0.985. The van der Waals surface area contributed by atoms with Crippen molar-refractivity contribution in [3.05, 3.63) is 41.6 Å². The van der Waals surface area contributed by atoms with Crippen LogP contribution in [0.1, 0.15) is 12.5 Å². The Morgan fingerprint density at radius 3 is 2.33 bits per heavy atom. The topological polar surface area (TPSA) is 49.8 Å². The highest BCUT2D eigenvalue weighted by molar-refractivity contribution is 5.78. The van der Waals surface area contributed by atoms with Crippen LogP contribution in [0.3, 0.4) is 0 Å². The first kappa shape index (κ1) is 8.35. The first-order valence-corrected chi connectivity index (χ1v) is 3.67. The van der Waals surface area contributed by atoms with E-state index in [1.54, 1.807) is 6.92 Å². The summed E-state index contributed by atoms with van der Waals surface area (Å²) in [7, 11) is 0. The zero-order chi connectivity index (χ0) is 8.97. The smallest absolute Gasteiger partial charge is 0.102 e. The van der Waals surface area contributed by atoms with Crippen molar-refractivity contribution in [3.8, 4) is 6.07 Å². The molecule has 0 radical (unpaired) electrons. The first-order valence-electron chi connectivity index (χ1n) is 3.67. The molecule has 0 aliphatic heterocycles. The van der Waals surface area contributed by atoms with E-state index in [4.69, 9.17) is 11.0 Å². The summed E-state index contributed by atoms with van der Waals surface area (Å²) in [5.41, 5.74) is 7.52. The number of nitriles is 1. The van der Waals surface area contributed by atoms with Crippen molar-refractivity contribution in [1.29, 1.82) is 5.26 Å². The number of rotatable bonds is 1. The highest BCUT2D eigenvalue weighted by Crippen LogP contribution is 2.14. The maximum Gasteiger partial charge on any atom is 0.102 e. The van der Waals surface area contributed by atoms with Gasteiger partial charge in [0.25, 0.3) is 0 Å². The lowest BCUT2D eigenvalue weighted by molar-refractivity contribution is 1.32. The lowest BCUT2D eigenvalue weighted by Gasteiger charge is -1.99. The summed E-state index contributed by atoms with van der Waals surface area (Å²) < 4.78 is 0. The van der Waals surface area contributed by atoms with Gasteiger partial charge in [0.2, 0.25) is 0 Å². The third-order valence-electron chi connectivity index (χ3n) is 1.57. The van der Waals surface area contributed by atoms with Crippen molar-refractivity contribution in [2.75, 3.05) is 0 Å². The molecule has 2 nitrogen and oxygen atoms in total. The molecule has 0 aromatic heterocycles. The molecule has 0 unspecified atom stereocenters. The molecule has 0 heterocycles. The van der Waals surface area contributed by atoms with Crippen LogP contribution in [0.4, 0.5) is 0 Å². The van der Waals surface area contributed by atoms with Gasteiger partial charge in [-0.25, -0.2) is 0 Å². The first-order chi connectivity index (χ1) is 5.75. The zero-order valence-corrected chi connectivity index (χ0v) is 6.91. The predicted octanol–water partition coefficient (Wildman–Crippen LogP) is 1.90. The summed E-state index contributed by atoms with van der Waals surface area (Å²) in [6, 6.07) is 11.5. The fourth-order valence-corrected chi connectivity index (χ4v) is 0.985. The number of hydrogen-bond donors (Lipinski definition) is 1. The second-order valence-electron chi connectivity index (χ2n) is 2.54. The van der Waals surface area contributed by atoms with Crippen LogP contribution in [0.25, 0.3) is 5.57 Å². The second-order valence-corrected chi connectivity index (χ2v) is 2.54. The zero-order valence-electron chi connectivity index (χ0n) is 6.91. The van der Waals surface area contributed by atoms with Crippen LogP contribution in [0, 0.1) is 11.3 Å². The number of hydrogen-bond acceptors (Lipinski definition) is 2. The number of allylic oxidation sites excluding steroid dienone is 2. The molecule has 2 N–H and O–H groups in total. The minimum Gasteiger partial charge on any atom is -0.401 e. The minimum atomic E-state index is 0.551. The van der Waals surface area contributed by atoms with Crippen molar-refractivity contribution in [2.24, 2.45) is 5.73 Å². The molecule has 1 rings (SSSR count). The quantitative estimate of drug-likeness (QED) is 0.634. The molecular weight excluding hydrogens is 148 g/mol. The lowest BCUT2D eigenvalue weighted by Crippen LogP contribution is -1.95. The van der Waals surface area contributed by atoms with Gasteiger partial charge in [-0.2, -0.15) is 5.26 Å². The maximum absolute atomic E-state index is 8.76. The third kappa shape index (κ3) is 1.64. The number of nitrogens with two attached hydrogens (primary N) is 1. The van der Waals surface area contributed by atoms with Gasteiger partial charge in [-0.05, 0) is 12.5 Å². The molecular formula is C10H10N2. The molecule has 2 heteroatoms. The Morgan fingerprint density at radius 2 is 1.92 bits per heavy atom. The van der Waals surface area contributed by atoms with Crippen LogP contribution in [-0.2, 0) is 0 Å². The van der Waals surface area contributed by atoms with Gasteiger partial charge in [-0.3, -0.25) is 0 Å². The minimum absolute atomic E-state index is 0.551. The Kier molecular flexibility index (Phi) is 2.49. The van der Waals surface area contributed by atoms with E-state index >= 15 is 0 Å². The van der Waals surface area contributed by atoms with Crippen molar-refractivity contribution in [1.82, 2.24) is 0 Å². The average molecular weight is 158 g/mol. The van der Waals surface area contributed by atoms with Gasteiger partial charge >= 0.3 is 0 Å². The summed E-state index contributed by atoms with van der Waals surface area (Å²) in [6.07, 6.45) is 0. The highest BCUT2D eigenvalue weighted by Gasteiger charge is 2.00. The van der Waals surface area contributed by atoms with Gasteiger partial charge in [0.15, 0.2) is 0 Å². The van der Waals surface area contributed by atoms with Gasteiger partial charge in [-0.1, -0.05) is 30.3 Å². The van der Waals surface area contributed by atoms with Crippen molar-refractivity contribution in [2.45, 2.75) is 6.92 Å². The monoisotopic (exact) mass is 158 g/mol. The van der Waals surface area contributed by atoms with Crippen LogP contribution in [0.5, 0.6) is 0 Å². The van der Waals surface area contributed by atoms with Crippen LogP contribution < -0.4 is 5.73 Å². The van der Waals surface area contributed by atoms with E-state index in [1.165, 1.54) is 0 Å². The normalized spacial score (nSPS) is 11.7. The molecule has 1 aromatic rings. The molecule has 0 aliphatic carbocycles. The van der Waals surface area contributed by atoms with E-state index in [1.807, 2.05) is 30.3 Å². The molecule has 0 atom stereocenters. The van der Waals surface area contributed by atoms with E-state index in [9.17, 15) is 0 Å². The summed E-state index contributed by atoms with van der Waals surface area (Å²) in [6.45, 7) is 1.73. The average Bonchev–Trinajstić information content (AvgIpc) is 2.07. The van der Waals surface area contributed by atoms with Gasteiger partial charge in [0.05, 0.1) is 5.57 Å². The molecule has 0 bridgehead atoms. The molecule has 12 heavy (non-hydrogen) atoms. The summed E-state index contributed by atoms with van der Waals surface area (Å²) in [5, 5.41) is 8.76. The standard InChI is InChI=1S/C10H10N2/c1-8(12)10(7-11)9-5-3-2-4-6-9/h2-6H,12H2,1H3/b10-8+. The van der Waals surface area contributed by atoms with Crippen LogP contribution >= 0.6 is 0 Å². The van der Waals surface area contributed by atoms with Crippen molar-refractivity contribution < 1.29 is 0 Å². The largest absolute Gasteiger partial charge is 0.401 e. The van der Waals surface area contributed by atoms with Gasteiger partial charge in [0, 0.05) is 5.70 Å². The van der Waals surface area contributed by atoms with Crippen LogP contribution in [0.2, 0.25) is 0 Å². The summed E-state index contributed by atoms with van der Waals surface area (Å²) in [5.74, 6) is 0.